The molecule has 5 nitrogen and oxygen atoms in total. The van der Waals surface area contributed by atoms with Gasteiger partial charge < -0.3 is 15.7 Å². The molecule has 120 valence electrons. The standard InChI is InChI=1S/C18H20N2O3/c1-13(21)20-16-8-6-15(7-9-16)18(23)19-12-2-3-14-4-10-17(22)11-5-14/h4-11,22H,2-3,12H2,1H3,(H,19,23)(H,20,21). The van der Waals surface area contributed by atoms with Gasteiger partial charge in [-0.15, -0.1) is 0 Å². The number of rotatable bonds is 6. The molecular formula is C18H20N2O3. The van der Waals surface area contributed by atoms with Crippen LogP contribution in [0.2, 0.25) is 0 Å². The zero-order valence-electron chi connectivity index (χ0n) is 13.0. The first-order valence-corrected chi connectivity index (χ1v) is 7.48. The van der Waals surface area contributed by atoms with E-state index in [-0.39, 0.29) is 17.6 Å². The number of aromatic hydroxyl groups is 1. The van der Waals surface area contributed by atoms with Crippen molar-refractivity contribution in [1.29, 1.82) is 0 Å². The fraction of sp³-hybridized carbons (Fsp3) is 0.222. The Balaban J connectivity index is 1.76. The number of hydrogen-bond donors (Lipinski definition) is 3. The molecule has 0 unspecified atom stereocenters. The smallest absolute Gasteiger partial charge is 0.251 e. The Labute approximate surface area is 135 Å². The Bertz CT molecular complexity index is 664. The molecule has 2 aromatic rings. The van der Waals surface area contributed by atoms with Gasteiger partial charge in [0.2, 0.25) is 5.91 Å². The summed E-state index contributed by atoms with van der Waals surface area (Å²) in [4.78, 5) is 22.9. The van der Waals surface area contributed by atoms with Crippen molar-refractivity contribution in [3.8, 4) is 5.75 Å². The molecule has 5 heteroatoms. The van der Waals surface area contributed by atoms with Crippen molar-refractivity contribution in [3.05, 3.63) is 59.7 Å². The van der Waals surface area contributed by atoms with Crippen LogP contribution in [0, 0.1) is 0 Å². The summed E-state index contributed by atoms with van der Waals surface area (Å²) < 4.78 is 0. The van der Waals surface area contributed by atoms with E-state index in [4.69, 9.17) is 0 Å². The number of aryl methyl sites for hydroxylation is 1. The molecule has 3 N–H and O–H groups in total. The van der Waals surface area contributed by atoms with Gasteiger partial charge in [-0.3, -0.25) is 9.59 Å². The van der Waals surface area contributed by atoms with E-state index in [1.807, 2.05) is 12.1 Å². The number of nitrogens with one attached hydrogen (secondary N) is 2. The van der Waals surface area contributed by atoms with E-state index in [1.54, 1.807) is 36.4 Å². The first kappa shape index (κ1) is 16.5. The Morgan fingerprint density at radius 3 is 2.26 bits per heavy atom. The molecule has 0 spiro atoms. The molecule has 2 rings (SSSR count). The van der Waals surface area contributed by atoms with Crippen molar-refractivity contribution in [2.75, 3.05) is 11.9 Å². The number of phenolic OH excluding ortho intramolecular Hbond substituents is 1. The van der Waals surface area contributed by atoms with E-state index in [0.29, 0.717) is 17.8 Å². The second-order valence-electron chi connectivity index (χ2n) is 5.28. The number of amides is 2. The highest BCUT2D eigenvalue weighted by atomic mass is 16.3. The van der Waals surface area contributed by atoms with E-state index in [1.165, 1.54) is 6.92 Å². The van der Waals surface area contributed by atoms with Crippen LogP contribution in [0.15, 0.2) is 48.5 Å². The highest BCUT2D eigenvalue weighted by molar-refractivity contribution is 5.95. The van der Waals surface area contributed by atoms with Gasteiger partial charge in [0.25, 0.3) is 5.91 Å². The van der Waals surface area contributed by atoms with Crippen molar-refractivity contribution in [2.45, 2.75) is 19.8 Å². The van der Waals surface area contributed by atoms with Gasteiger partial charge >= 0.3 is 0 Å². The molecule has 0 bridgehead atoms. The van der Waals surface area contributed by atoms with Crippen LogP contribution < -0.4 is 10.6 Å². The van der Waals surface area contributed by atoms with Crippen molar-refractivity contribution in [2.24, 2.45) is 0 Å². The third-order valence-corrected chi connectivity index (χ3v) is 3.33. The largest absolute Gasteiger partial charge is 0.508 e. The van der Waals surface area contributed by atoms with Gasteiger partial charge in [0, 0.05) is 24.7 Å². The zero-order chi connectivity index (χ0) is 16.7. The van der Waals surface area contributed by atoms with Crippen molar-refractivity contribution in [3.63, 3.8) is 0 Å². The van der Waals surface area contributed by atoms with E-state index >= 15 is 0 Å². The van der Waals surface area contributed by atoms with Gasteiger partial charge in [0.05, 0.1) is 0 Å². The van der Waals surface area contributed by atoms with Crippen LogP contribution in [-0.4, -0.2) is 23.5 Å². The summed E-state index contributed by atoms with van der Waals surface area (Å²) in [7, 11) is 0. The first-order chi connectivity index (χ1) is 11.0. The van der Waals surface area contributed by atoms with E-state index in [2.05, 4.69) is 10.6 Å². The van der Waals surface area contributed by atoms with Crippen LogP contribution in [0.3, 0.4) is 0 Å². The molecule has 0 heterocycles. The third-order valence-electron chi connectivity index (χ3n) is 3.33. The maximum atomic E-state index is 12.0. The summed E-state index contributed by atoms with van der Waals surface area (Å²) in [5, 5.41) is 14.7. The number of phenols is 1. The van der Waals surface area contributed by atoms with Crippen LogP contribution in [0.25, 0.3) is 0 Å². The topological polar surface area (TPSA) is 78.4 Å². The SMILES string of the molecule is CC(=O)Nc1ccc(C(=O)NCCCc2ccc(O)cc2)cc1. The lowest BCUT2D eigenvalue weighted by atomic mass is 10.1. The predicted molar refractivity (Wildman–Crippen MR) is 89.5 cm³/mol. The highest BCUT2D eigenvalue weighted by Gasteiger charge is 2.05. The molecule has 0 aliphatic heterocycles. The predicted octanol–water partition coefficient (Wildman–Crippen LogP) is 2.71. The fourth-order valence-corrected chi connectivity index (χ4v) is 2.17. The van der Waals surface area contributed by atoms with Crippen LogP contribution in [-0.2, 0) is 11.2 Å². The van der Waals surface area contributed by atoms with Gasteiger partial charge in [0.1, 0.15) is 5.75 Å². The summed E-state index contributed by atoms with van der Waals surface area (Å²) in [6, 6.07) is 13.8. The van der Waals surface area contributed by atoms with Gasteiger partial charge in [-0.1, -0.05) is 12.1 Å². The van der Waals surface area contributed by atoms with Gasteiger partial charge in [0.15, 0.2) is 0 Å². The Hall–Kier alpha value is -2.82. The van der Waals surface area contributed by atoms with Crippen LogP contribution in [0.4, 0.5) is 5.69 Å². The number of hydrogen-bond acceptors (Lipinski definition) is 3. The molecule has 0 aliphatic carbocycles. The maximum absolute atomic E-state index is 12.0. The van der Waals surface area contributed by atoms with Crippen LogP contribution in [0.5, 0.6) is 5.75 Å². The number of benzene rings is 2. The lowest BCUT2D eigenvalue weighted by Gasteiger charge is -2.07. The minimum atomic E-state index is -0.142. The summed E-state index contributed by atoms with van der Waals surface area (Å²) in [6.45, 7) is 2.02. The minimum absolute atomic E-state index is 0.134. The normalized spacial score (nSPS) is 10.1. The average Bonchev–Trinajstić information content (AvgIpc) is 2.53. The average molecular weight is 312 g/mol. The molecule has 2 amide bonds. The van der Waals surface area contributed by atoms with E-state index in [9.17, 15) is 14.7 Å². The summed E-state index contributed by atoms with van der Waals surface area (Å²) in [6.07, 6.45) is 1.66. The van der Waals surface area contributed by atoms with Crippen molar-refractivity contribution in [1.82, 2.24) is 5.32 Å². The van der Waals surface area contributed by atoms with Crippen LogP contribution in [0.1, 0.15) is 29.3 Å². The Morgan fingerprint density at radius 1 is 1.00 bits per heavy atom. The van der Waals surface area contributed by atoms with Gasteiger partial charge in [-0.25, -0.2) is 0 Å². The van der Waals surface area contributed by atoms with E-state index < -0.39 is 0 Å². The number of carbonyl (C=O) groups is 2. The molecular weight excluding hydrogens is 292 g/mol. The van der Waals surface area contributed by atoms with Crippen molar-refractivity contribution >= 4 is 17.5 Å². The van der Waals surface area contributed by atoms with E-state index in [0.717, 1.165) is 18.4 Å². The highest BCUT2D eigenvalue weighted by Crippen LogP contribution is 2.11. The van der Waals surface area contributed by atoms with Gasteiger partial charge in [-0.05, 0) is 54.8 Å². The molecule has 0 radical (unpaired) electrons. The maximum Gasteiger partial charge on any atom is 0.251 e. The molecule has 23 heavy (non-hydrogen) atoms. The lowest BCUT2D eigenvalue weighted by molar-refractivity contribution is -0.114. The molecule has 0 saturated carbocycles. The summed E-state index contributed by atoms with van der Waals surface area (Å²) in [5.41, 5.74) is 2.35. The summed E-state index contributed by atoms with van der Waals surface area (Å²) >= 11 is 0. The first-order valence-electron chi connectivity index (χ1n) is 7.48. The number of carbonyl (C=O) groups excluding carboxylic acids is 2. The lowest BCUT2D eigenvalue weighted by Crippen LogP contribution is -2.24. The monoisotopic (exact) mass is 312 g/mol. The molecule has 0 saturated heterocycles. The summed E-state index contributed by atoms with van der Waals surface area (Å²) in [5.74, 6) is -0.0220. The second kappa shape index (κ2) is 7.98. The van der Waals surface area contributed by atoms with Crippen molar-refractivity contribution < 1.29 is 14.7 Å². The quantitative estimate of drug-likeness (QED) is 0.718. The minimum Gasteiger partial charge on any atom is -0.508 e. The van der Waals surface area contributed by atoms with Crippen LogP contribution >= 0.6 is 0 Å². The molecule has 2 aromatic carbocycles. The molecule has 0 aliphatic rings. The molecule has 0 atom stereocenters. The zero-order valence-corrected chi connectivity index (χ0v) is 13.0. The third kappa shape index (κ3) is 5.47. The Kier molecular flexibility index (Phi) is 5.74. The molecule has 0 fully saturated rings. The van der Waals surface area contributed by atoms with Gasteiger partial charge in [-0.2, -0.15) is 0 Å². The fourth-order valence-electron chi connectivity index (χ4n) is 2.17. The molecule has 0 aromatic heterocycles. The second-order valence-corrected chi connectivity index (χ2v) is 5.28. The number of anilines is 1. The Morgan fingerprint density at radius 2 is 1.65 bits per heavy atom.